The Kier molecular flexibility index (Phi) is 6.44. The van der Waals surface area contributed by atoms with E-state index in [1.54, 1.807) is 23.0 Å². The lowest BCUT2D eigenvalue weighted by Crippen LogP contribution is -2.46. The highest BCUT2D eigenvalue weighted by Gasteiger charge is 2.19. The molecule has 31 heavy (non-hydrogen) atoms. The summed E-state index contributed by atoms with van der Waals surface area (Å²) in [6.07, 6.45) is 1.72. The maximum atomic E-state index is 13.3. The van der Waals surface area contributed by atoms with E-state index in [1.807, 2.05) is 31.2 Å². The van der Waals surface area contributed by atoms with Gasteiger partial charge in [-0.1, -0.05) is 29.8 Å². The van der Waals surface area contributed by atoms with Gasteiger partial charge in [0, 0.05) is 51.0 Å². The Labute approximate surface area is 182 Å². The minimum Gasteiger partial charge on any atom is -0.351 e. The molecule has 0 spiro atoms. The van der Waals surface area contributed by atoms with Crippen LogP contribution in [0, 0.1) is 12.7 Å². The number of amides is 1. The van der Waals surface area contributed by atoms with Crippen LogP contribution in [-0.4, -0.2) is 71.8 Å². The molecule has 2 aromatic carbocycles. The predicted molar refractivity (Wildman–Crippen MR) is 120 cm³/mol. The lowest BCUT2D eigenvalue weighted by atomic mass is 10.1. The van der Waals surface area contributed by atoms with Gasteiger partial charge in [0.1, 0.15) is 11.5 Å². The van der Waals surface area contributed by atoms with E-state index >= 15 is 0 Å². The molecule has 7 heteroatoms. The topological polar surface area (TPSA) is 53.4 Å². The van der Waals surface area contributed by atoms with Crippen molar-refractivity contribution in [2.24, 2.45) is 0 Å². The maximum absolute atomic E-state index is 13.3. The summed E-state index contributed by atoms with van der Waals surface area (Å²) in [5.74, 6) is -0.463. The van der Waals surface area contributed by atoms with Crippen LogP contribution in [0.15, 0.2) is 54.7 Å². The number of nitrogens with zero attached hydrogens (tertiary/aromatic N) is 4. The highest BCUT2D eigenvalue weighted by Crippen LogP contribution is 2.24. The molecule has 0 atom stereocenters. The summed E-state index contributed by atoms with van der Waals surface area (Å²) in [5.41, 5.74) is 3.83. The highest BCUT2D eigenvalue weighted by atomic mass is 19.1. The van der Waals surface area contributed by atoms with Gasteiger partial charge in [0.15, 0.2) is 0 Å². The molecule has 2 heterocycles. The minimum absolute atomic E-state index is 0.155. The number of hydrogen-bond donors (Lipinski definition) is 1. The molecule has 0 unspecified atom stereocenters. The summed E-state index contributed by atoms with van der Waals surface area (Å²) in [5, 5.41) is 7.70. The molecular formula is C24H28FN5O. The zero-order valence-corrected chi connectivity index (χ0v) is 18.0. The summed E-state index contributed by atoms with van der Waals surface area (Å²) in [7, 11) is 2.13. The zero-order valence-electron chi connectivity index (χ0n) is 18.0. The molecule has 6 nitrogen and oxygen atoms in total. The van der Waals surface area contributed by atoms with Gasteiger partial charge in [-0.15, -0.1) is 0 Å². The van der Waals surface area contributed by atoms with Gasteiger partial charge >= 0.3 is 0 Å². The summed E-state index contributed by atoms with van der Waals surface area (Å²) in [4.78, 5) is 17.7. The van der Waals surface area contributed by atoms with Crippen LogP contribution in [-0.2, 0) is 0 Å². The first-order valence-corrected chi connectivity index (χ1v) is 10.6. The van der Waals surface area contributed by atoms with E-state index in [0.29, 0.717) is 23.5 Å². The SMILES string of the molecule is Cc1ccc(-c2nn(-c3ccc(F)cc3)cc2C(=O)NCCN2CCN(C)CC2)cc1. The number of piperazine rings is 1. The summed E-state index contributed by atoms with van der Waals surface area (Å²) < 4.78 is 15.0. The lowest BCUT2D eigenvalue weighted by Gasteiger charge is -2.32. The second-order valence-corrected chi connectivity index (χ2v) is 8.08. The fourth-order valence-electron chi connectivity index (χ4n) is 3.69. The average Bonchev–Trinajstić information content (AvgIpc) is 3.22. The molecule has 4 rings (SSSR count). The molecule has 1 amide bonds. The van der Waals surface area contributed by atoms with E-state index in [2.05, 4.69) is 27.3 Å². The van der Waals surface area contributed by atoms with Crippen molar-refractivity contribution in [2.75, 3.05) is 46.3 Å². The number of carbonyl (C=O) groups is 1. The van der Waals surface area contributed by atoms with Crippen molar-refractivity contribution in [3.8, 4) is 16.9 Å². The molecule has 1 aromatic heterocycles. The quantitative estimate of drug-likeness (QED) is 0.665. The molecule has 1 fully saturated rings. The third kappa shape index (κ3) is 5.18. The van der Waals surface area contributed by atoms with Gasteiger partial charge < -0.3 is 10.2 Å². The van der Waals surface area contributed by atoms with E-state index in [1.165, 1.54) is 12.1 Å². The minimum atomic E-state index is -0.309. The number of likely N-dealkylation sites (N-methyl/N-ethyl adjacent to an activating group) is 1. The first-order valence-electron chi connectivity index (χ1n) is 10.6. The number of carbonyl (C=O) groups excluding carboxylic acids is 1. The van der Waals surface area contributed by atoms with Crippen LogP contribution < -0.4 is 5.32 Å². The standard InChI is InChI=1S/C24H28FN5O/c1-18-3-5-19(6-4-18)23-22(17-30(27-23)21-9-7-20(25)8-10-21)24(31)26-11-12-29-15-13-28(2)14-16-29/h3-10,17H,11-16H2,1-2H3,(H,26,31). The van der Waals surface area contributed by atoms with Crippen molar-refractivity contribution in [3.63, 3.8) is 0 Å². The van der Waals surface area contributed by atoms with Crippen LogP contribution in [0.4, 0.5) is 4.39 Å². The third-order valence-corrected chi connectivity index (χ3v) is 5.68. The number of hydrogen-bond acceptors (Lipinski definition) is 4. The molecular weight excluding hydrogens is 393 g/mol. The van der Waals surface area contributed by atoms with E-state index in [4.69, 9.17) is 0 Å². The van der Waals surface area contributed by atoms with Crippen molar-refractivity contribution in [1.29, 1.82) is 0 Å². The van der Waals surface area contributed by atoms with Gasteiger partial charge in [-0.2, -0.15) is 5.10 Å². The summed E-state index contributed by atoms with van der Waals surface area (Å²) >= 11 is 0. The van der Waals surface area contributed by atoms with E-state index < -0.39 is 0 Å². The number of nitrogens with one attached hydrogen (secondary N) is 1. The van der Waals surface area contributed by atoms with Gasteiger partial charge in [-0.25, -0.2) is 9.07 Å². The van der Waals surface area contributed by atoms with Gasteiger partial charge in [0.05, 0.1) is 11.3 Å². The Morgan fingerprint density at radius 3 is 2.39 bits per heavy atom. The fourth-order valence-corrected chi connectivity index (χ4v) is 3.69. The Morgan fingerprint density at radius 2 is 1.71 bits per heavy atom. The van der Waals surface area contributed by atoms with Gasteiger partial charge in [-0.3, -0.25) is 9.69 Å². The molecule has 1 aliphatic rings. The van der Waals surface area contributed by atoms with Crippen LogP contribution in [0.25, 0.3) is 16.9 Å². The molecule has 162 valence electrons. The van der Waals surface area contributed by atoms with E-state index in [9.17, 15) is 9.18 Å². The van der Waals surface area contributed by atoms with E-state index in [-0.39, 0.29) is 11.7 Å². The predicted octanol–water partition coefficient (Wildman–Crippen LogP) is 2.96. The molecule has 0 radical (unpaired) electrons. The largest absolute Gasteiger partial charge is 0.351 e. The normalized spacial score (nSPS) is 15.2. The van der Waals surface area contributed by atoms with E-state index in [0.717, 1.165) is 43.9 Å². The van der Waals surface area contributed by atoms with Gasteiger partial charge in [0.25, 0.3) is 5.91 Å². The fraction of sp³-hybridized carbons (Fsp3) is 0.333. The van der Waals surface area contributed by atoms with Gasteiger partial charge in [-0.05, 0) is 38.2 Å². The summed E-state index contributed by atoms with van der Waals surface area (Å²) in [6.45, 7) is 7.56. The highest BCUT2D eigenvalue weighted by molar-refractivity contribution is 5.99. The Bertz CT molecular complexity index is 1020. The van der Waals surface area contributed by atoms with Crippen molar-refractivity contribution in [1.82, 2.24) is 24.9 Å². The molecule has 3 aromatic rings. The van der Waals surface area contributed by atoms with Crippen LogP contribution in [0.1, 0.15) is 15.9 Å². The van der Waals surface area contributed by atoms with Crippen LogP contribution in [0.3, 0.4) is 0 Å². The van der Waals surface area contributed by atoms with Crippen molar-refractivity contribution < 1.29 is 9.18 Å². The van der Waals surface area contributed by atoms with Crippen LogP contribution in [0.2, 0.25) is 0 Å². The number of rotatable bonds is 6. The number of benzene rings is 2. The smallest absolute Gasteiger partial charge is 0.255 e. The summed E-state index contributed by atoms with van der Waals surface area (Å²) in [6, 6.07) is 14.0. The second kappa shape index (κ2) is 9.41. The van der Waals surface area contributed by atoms with Crippen LogP contribution >= 0.6 is 0 Å². The van der Waals surface area contributed by atoms with Crippen molar-refractivity contribution >= 4 is 5.91 Å². The number of aryl methyl sites for hydroxylation is 1. The second-order valence-electron chi connectivity index (χ2n) is 8.08. The van der Waals surface area contributed by atoms with Gasteiger partial charge in [0.2, 0.25) is 0 Å². The van der Waals surface area contributed by atoms with Crippen LogP contribution in [0.5, 0.6) is 0 Å². The number of aromatic nitrogens is 2. The monoisotopic (exact) mass is 421 g/mol. The first kappa shape index (κ1) is 21.2. The Morgan fingerprint density at radius 1 is 1.03 bits per heavy atom. The molecule has 1 saturated heterocycles. The Balaban J connectivity index is 1.53. The van der Waals surface area contributed by atoms with Crippen molar-refractivity contribution in [2.45, 2.75) is 6.92 Å². The molecule has 0 bridgehead atoms. The zero-order chi connectivity index (χ0) is 21.8. The first-order chi connectivity index (χ1) is 15.0. The molecule has 0 saturated carbocycles. The lowest BCUT2D eigenvalue weighted by molar-refractivity contribution is 0.0941. The molecule has 0 aliphatic carbocycles. The molecule has 1 N–H and O–H groups in total. The Hall–Kier alpha value is -3.03. The third-order valence-electron chi connectivity index (χ3n) is 5.68. The number of halogens is 1. The average molecular weight is 422 g/mol. The van der Waals surface area contributed by atoms with Crippen molar-refractivity contribution in [3.05, 3.63) is 71.7 Å². The molecule has 1 aliphatic heterocycles. The maximum Gasteiger partial charge on any atom is 0.255 e.